The molecule has 31 heavy (non-hydrogen) atoms. The summed E-state index contributed by atoms with van der Waals surface area (Å²) in [7, 11) is 0. The van der Waals surface area contributed by atoms with Crippen molar-refractivity contribution in [3.05, 3.63) is 89.4 Å². The number of imide groups is 1. The lowest BCUT2D eigenvalue weighted by atomic mass is 9.88. The standard InChI is InChI=1S/C23H17FN4O3/c24-17-9-6-15-12-28(20(29)18(15)11-17)13-23(21(30)26-22(31)27-23)16-7-4-14(5-8-16)19-3-1-2-10-25-19/h1-11H,12-13H2,(H2,26,27,30,31)/t23-/m0/s1. The molecule has 2 aliphatic rings. The van der Waals surface area contributed by atoms with Crippen LogP contribution >= 0.6 is 0 Å². The van der Waals surface area contributed by atoms with Gasteiger partial charge in [0.05, 0.1) is 12.2 Å². The van der Waals surface area contributed by atoms with E-state index in [1.807, 2.05) is 30.3 Å². The smallest absolute Gasteiger partial charge is 0.322 e. The predicted octanol–water partition coefficient (Wildman–Crippen LogP) is 2.58. The van der Waals surface area contributed by atoms with Gasteiger partial charge in [-0.25, -0.2) is 9.18 Å². The normalized spacial score (nSPS) is 19.9. The van der Waals surface area contributed by atoms with Crippen LogP contribution in [-0.4, -0.2) is 34.3 Å². The Kier molecular flexibility index (Phi) is 4.28. The van der Waals surface area contributed by atoms with Gasteiger partial charge in [0.15, 0.2) is 5.54 Å². The molecule has 2 aromatic carbocycles. The molecule has 3 aromatic rings. The topological polar surface area (TPSA) is 91.4 Å². The highest BCUT2D eigenvalue weighted by Gasteiger charge is 2.50. The molecule has 7 nitrogen and oxygen atoms in total. The highest BCUT2D eigenvalue weighted by molar-refractivity contribution is 6.08. The van der Waals surface area contributed by atoms with Gasteiger partial charge in [0, 0.05) is 23.9 Å². The van der Waals surface area contributed by atoms with Crippen LogP contribution in [0.3, 0.4) is 0 Å². The van der Waals surface area contributed by atoms with E-state index < -0.39 is 23.3 Å². The van der Waals surface area contributed by atoms with Crippen molar-refractivity contribution in [2.24, 2.45) is 0 Å². The van der Waals surface area contributed by atoms with Crippen molar-refractivity contribution in [3.63, 3.8) is 0 Å². The lowest BCUT2D eigenvalue weighted by Gasteiger charge is -2.31. The molecule has 3 heterocycles. The molecule has 0 bridgehead atoms. The summed E-state index contributed by atoms with van der Waals surface area (Å²) < 4.78 is 13.6. The number of fused-ring (bicyclic) bond motifs is 1. The van der Waals surface area contributed by atoms with Crippen LogP contribution in [0.2, 0.25) is 0 Å². The van der Waals surface area contributed by atoms with Gasteiger partial charge in [-0.2, -0.15) is 0 Å². The minimum atomic E-state index is -1.45. The second-order valence-corrected chi connectivity index (χ2v) is 7.57. The number of pyridine rings is 1. The second-order valence-electron chi connectivity index (χ2n) is 7.57. The molecule has 0 spiro atoms. The molecule has 1 aromatic heterocycles. The van der Waals surface area contributed by atoms with E-state index >= 15 is 0 Å². The van der Waals surface area contributed by atoms with Crippen LogP contribution in [0.25, 0.3) is 11.3 Å². The number of hydrogen-bond donors (Lipinski definition) is 2. The maximum Gasteiger partial charge on any atom is 0.322 e. The first-order valence-electron chi connectivity index (χ1n) is 9.69. The number of aromatic nitrogens is 1. The molecule has 5 rings (SSSR count). The molecule has 8 heteroatoms. The number of nitrogens with zero attached hydrogens (tertiary/aromatic N) is 2. The fourth-order valence-electron chi connectivity index (χ4n) is 4.10. The fraction of sp³-hybridized carbons (Fsp3) is 0.130. The van der Waals surface area contributed by atoms with Crippen LogP contribution in [0.1, 0.15) is 21.5 Å². The molecule has 154 valence electrons. The minimum Gasteiger partial charge on any atom is -0.331 e. The molecule has 1 saturated heterocycles. The van der Waals surface area contributed by atoms with E-state index in [-0.39, 0.29) is 24.6 Å². The largest absolute Gasteiger partial charge is 0.331 e. The zero-order valence-corrected chi connectivity index (χ0v) is 16.3. The van der Waals surface area contributed by atoms with Crippen LogP contribution < -0.4 is 10.6 Å². The number of amides is 4. The molecule has 0 radical (unpaired) electrons. The van der Waals surface area contributed by atoms with Crippen LogP contribution in [-0.2, 0) is 16.9 Å². The lowest BCUT2D eigenvalue weighted by molar-refractivity contribution is -0.124. The number of nitrogens with one attached hydrogen (secondary N) is 2. The van der Waals surface area contributed by atoms with E-state index in [9.17, 15) is 18.8 Å². The molecule has 4 amide bonds. The van der Waals surface area contributed by atoms with Crippen molar-refractivity contribution in [3.8, 4) is 11.3 Å². The van der Waals surface area contributed by atoms with Crippen molar-refractivity contribution < 1.29 is 18.8 Å². The number of carbonyl (C=O) groups is 3. The second kappa shape index (κ2) is 7.02. The van der Waals surface area contributed by atoms with Gasteiger partial charge in [0.25, 0.3) is 11.8 Å². The third kappa shape index (κ3) is 3.13. The lowest BCUT2D eigenvalue weighted by Crippen LogP contribution is -2.52. The van der Waals surface area contributed by atoms with Crippen molar-refractivity contribution in [2.75, 3.05) is 6.54 Å². The molecule has 0 saturated carbocycles. The summed E-state index contributed by atoms with van der Waals surface area (Å²) >= 11 is 0. The third-order valence-corrected chi connectivity index (χ3v) is 5.66. The Balaban J connectivity index is 1.49. The summed E-state index contributed by atoms with van der Waals surface area (Å²) in [5, 5.41) is 4.97. The van der Waals surface area contributed by atoms with Gasteiger partial charge >= 0.3 is 6.03 Å². The summed E-state index contributed by atoms with van der Waals surface area (Å²) in [6.07, 6.45) is 1.69. The first kappa shape index (κ1) is 18.9. The average molecular weight is 416 g/mol. The van der Waals surface area contributed by atoms with Crippen molar-refractivity contribution in [2.45, 2.75) is 12.1 Å². The minimum absolute atomic E-state index is 0.0807. The Morgan fingerprint density at radius 3 is 2.52 bits per heavy atom. The van der Waals surface area contributed by atoms with Crippen LogP contribution in [0.4, 0.5) is 9.18 Å². The number of halogens is 1. The molecule has 0 unspecified atom stereocenters. The SMILES string of the molecule is O=C1NC(=O)[C@](CN2Cc3ccc(F)cc3C2=O)(c2ccc(-c3ccccn3)cc2)N1. The highest BCUT2D eigenvalue weighted by atomic mass is 19.1. The molecular weight excluding hydrogens is 399 g/mol. The summed E-state index contributed by atoms with van der Waals surface area (Å²) in [6.45, 7) is 0.147. The quantitative estimate of drug-likeness (QED) is 0.640. The van der Waals surface area contributed by atoms with E-state index in [0.29, 0.717) is 11.1 Å². The van der Waals surface area contributed by atoms with E-state index in [1.54, 1.807) is 24.4 Å². The Morgan fingerprint density at radius 1 is 1.03 bits per heavy atom. The Labute approximate surface area is 176 Å². The number of urea groups is 1. The first-order valence-corrected chi connectivity index (χ1v) is 9.69. The zero-order chi connectivity index (χ0) is 21.6. The third-order valence-electron chi connectivity index (χ3n) is 5.66. The van der Waals surface area contributed by atoms with Gasteiger partial charge in [0.1, 0.15) is 5.82 Å². The van der Waals surface area contributed by atoms with Crippen molar-refractivity contribution >= 4 is 17.8 Å². The Bertz CT molecular complexity index is 1210. The maximum atomic E-state index is 13.6. The molecule has 2 N–H and O–H groups in total. The highest BCUT2D eigenvalue weighted by Crippen LogP contribution is 2.32. The van der Waals surface area contributed by atoms with Crippen molar-refractivity contribution in [1.82, 2.24) is 20.5 Å². The van der Waals surface area contributed by atoms with Gasteiger partial charge < -0.3 is 10.2 Å². The summed E-state index contributed by atoms with van der Waals surface area (Å²) in [5.41, 5.74) is 1.66. The fourth-order valence-corrected chi connectivity index (χ4v) is 4.10. The first-order chi connectivity index (χ1) is 15.0. The molecule has 0 aliphatic carbocycles. The summed E-state index contributed by atoms with van der Waals surface area (Å²) in [4.78, 5) is 43.5. The molecule has 1 atom stereocenters. The van der Waals surface area contributed by atoms with E-state index in [0.717, 1.165) is 11.3 Å². The van der Waals surface area contributed by atoms with Crippen LogP contribution in [0.15, 0.2) is 66.9 Å². The van der Waals surface area contributed by atoms with Gasteiger partial charge in [-0.15, -0.1) is 0 Å². The van der Waals surface area contributed by atoms with E-state index in [1.165, 1.54) is 17.0 Å². The van der Waals surface area contributed by atoms with Gasteiger partial charge in [-0.05, 0) is 35.4 Å². The predicted molar refractivity (Wildman–Crippen MR) is 109 cm³/mol. The number of rotatable bonds is 4. The van der Waals surface area contributed by atoms with Gasteiger partial charge in [0.2, 0.25) is 0 Å². The van der Waals surface area contributed by atoms with E-state index in [4.69, 9.17) is 0 Å². The van der Waals surface area contributed by atoms with Gasteiger partial charge in [-0.1, -0.05) is 36.4 Å². The Morgan fingerprint density at radius 2 is 1.84 bits per heavy atom. The molecule has 1 fully saturated rings. The molecular formula is C23H17FN4O3. The maximum absolute atomic E-state index is 13.6. The number of benzene rings is 2. The molecule has 2 aliphatic heterocycles. The average Bonchev–Trinajstić information content (AvgIpc) is 3.24. The van der Waals surface area contributed by atoms with Crippen molar-refractivity contribution in [1.29, 1.82) is 0 Å². The number of carbonyl (C=O) groups excluding carboxylic acids is 3. The van der Waals surface area contributed by atoms with Crippen LogP contribution in [0, 0.1) is 5.82 Å². The van der Waals surface area contributed by atoms with Gasteiger partial charge in [-0.3, -0.25) is 19.9 Å². The Hall–Kier alpha value is -4.07. The monoisotopic (exact) mass is 416 g/mol. The summed E-state index contributed by atoms with van der Waals surface area (Å²) in [5.74, 6) is -1.42. The zero-order valence-electron chi connectivity index (χ0n) is 16.3. The number of hydrogen-bond acceptors (Lipinski definition) is 4. The summed E-state index contributed by atoms with van der Waals surface area (Å²) in [6, 6.07) is 16.1. The van der Waals surface area contributed by atoms with E-state index in [2.05, 4.69) is 15.6 Å². The van der Waals surface area contributed by atoms with Crippen LogP contribution in [0.5, 0.6) is 0 Å².